The van der Waals surface area contributed by atoms with Gasteiger partial charge in [-0.1, -0.05) is 13.3 Å². The Morgan fingerprint density at radius 3 is 3.00 bits per heavy atom. The van der Waals surface area contributed by atoms with Gasteiger partial charge in [0.2, 0.25) is 0 Å². The summed E-state index contributed by atoms with van der Waals surface area (Å²) < 4.78 is 5.56. The number of rotatable bonds is 3. The number of piperazine rings is 1. The molecule has 15 heavy (non-hydrogen) atoms. The number of ether oxygens (including phenoxy) is 1. The highest BCUT2D eigenvalue weighted by Gasteiger charge is 2.30. The molecular formula is C12H24N2O. The van der Waals surface area contributed by atoms with E-state index >= 15 is 0 Å². The zero-order chi connectivity index (χ0) is 10.7. The lowest BCUT2D eigenvalue weighted by Crippen LogP contribution is -2.59. The van der Waals surface area contributed by atoms with Gasteiger partial charge in [-0.15, -0.1) is 0 Å². The number of nitrogens with zero attached hydrogens (tertiary/aromatic N) is 2. The van der Waals surface area contributed by atoms with E-state index in [1.807, 2.05) is 0 Å². The highest BCUT2D eigenvalue weighted by molar-refractivity contribution is 4.86. The second-order valence-corrected chi connectivity index (χ2v) is 4.90. The lowest BCUT2D eigenvalue weighted by molar-refractivity contribution is -0.0521. The van der Waals surface area contributed by atoms with Crippen molar-refractivity contribution >= 4 is 0 Å². The molecule has 0 aromatic rings. The topological polar surface area (TPSA) is 15.7 Å². The van der Waals surface area contributed by atoms with E-state index in [0.717, 1.165) is 25.8 Å². The largest absolute Gasteiger partial charge is 0.378 e. The van der Waals surface area contributed by atoms with E-state index in [4.69, 9.17) is 4.74 Å². The molecule has 0 aromatic carbocycles. The normalized spacial score (nSPS) is 31.2. The van der Waals surface area contributed by atoms with Gasteiger partial charge in [0.25, 0.3) is 0 Å². The third-order valence-corrected chi connectivity index (χ3v) is 3.80. The van der Waals surface area contributed by atoms with Crippen molar-refractivity contribution in [1.82, 2.24) is 9.80 Å². The minimum Gasteiger partial charge on any atom is -0.378 e. The van der Waals surface area contributed by atoms with Gasteiger partial charge in [-0.3, -0.25) is 9.80 Å². The average molecular weight is 212 g/mol. The first-order chi connectivity index (χ1) is 7.31. The van der Waals surface area contributed by atoms with Crippen LogP contribution in [-0.4, -0.2) is 61.3 Å². The number of morpholine rings is 1. The molecule has 2 fully saturated rings. The highest BCUT2D eigenvalue weighted by atomic mass is 16.5. The van der Waals surface area contributed by atoms with Crippen LogP contribution in [0.2, 0.25) is 0 Å². The van der Waals surface area contributed by atoms with E-state index in [9.17, 15) is 0 Å². The SMILES string of the molecule is CCC[C@H](C)N1CCN2CCOC[C@@H]2C1. The Morgan fingerprint density at radius 2 is 2.20 bits per heavy atom. The molecule has 2 aliphatic rings. The van der Waals surface area contributed by atoms with E-state index in [0.29, 0.717) is 6.04 Å². The zero-order valence-electron chi connectivity index (χ0n) is 10.1. The van der Waals surface area contributed by atoms with Crippen LogP contribution in [-0.2, 0) is 4.74 Å². The molecule has 0 amide bonds. The van der Waals surface area contributed by atoms with Crippen LogP contribution < -0.4 is 0 Å². The van der Waals surface area contributed by atoms with Crippen LogP contribution in [0.4, 0.5) is 0 Å². The zero-order valence-corrected chi connectivity index (χ0v) is 10.1. The third-order valence-electron chi connectivity index (χ3n) is 3.80. The monoisotopic (exact) mass is 212 g/mol. The molecule has 0 unspecified atom stereocenters. The van der Waals surface area contributed by atoms with E-state index in [1.54, 1.807) is 0 Å². The number of hydrogen-bond acceptors (Lipinski definition) is 3. The summed E-state index contributed by atoms with van der Waals surface area (Å²) in [6.45, 7) is 11.3. The Bertz CT molecular complexity index is 198. The van der Waals surface area contributed by atoms with Crippen LogP contribution in [0.5, 0.6) is 0 Å². The molecule has 0 spiro atoms. The maximum Gasteiger partial charge on any atom is 0.0634 e. The van der Waals surface area contributed by atoms with Gasteiger partial charge < -0.3 is 4.74 Å². The first-order valence-electron chi connectivity index (χ1n) is 6.37. The van der Waals surface area contributed by atoms with E-state index in [2.05, 4.69) is 23.6 Å². The Balaban J connectivity index is 1.85. The van der Waals surface area contributed by atoms with Gasteiger partial charge in [0.1, 0.15) is 0 Å². The predicted octanol–water partition coefficient (Wildman–Crippen LogP) is 1.19. The van der Waals surface area contributed by atoms with Crippen molar-refractivity contribution in [2.24, 2.45) is 0 Å². The molecule has 2 aliphatic heterocycles. The van der Waals surface area contributed by atoms with Crippen LogP contribution in [0.3, 0.4) is 0 Å². The molecule has 0 saturated carbocycles. The summed E-state index contributed by atoms with van der Waals surface area (Å²) in [5.74, 6) is 0. The van der Waals surface area contributed by atoms with E-state index in [1.165, 1.54) is 32.5 Å². The van der Waals surface area contributed by atoms with Crippen molar-refractivity contribution in [3.63, 3.8) is 0 Å². The summed E-state index contributed by atoms with van der Waals surface area (Å²) in [5, 5.41) is 0. The molecule has 3 nitrogen and oxygen atoms in total. The highest BCUT2D eigenvalue weighted by Crippen LogP contribution is 2.17. The summed E-state index contributed by atoms with van der Waals surface area (Å²) >= 11 is 0. The summed E-state index contributed by atoms with van der Waals surface area (Å²) in [4.78, 5) is 5.23. The second-order valence-electron chi connectivity index (χ2n) is 4.90. The molecule has 3 heteroatoms. The van der Waals surface area contributed by atoms with Gasteiger partial charge in [0.05, 0.1) is 13.2 Å². The van der Waals surface area contributed by atoms with Crippen LogP contribution in [0.15, 0.2) is 0 Å². The second kappa shape index (κ2) is 5.28. The molecule has 2 saturated heterocycles. The molecule has 2 rings (SSSR count). The van der Waals surface area contributed by atoms with Crippen LogP contribution in [0.25, 0.3) is 0 Å². The number of hydrogen-bond donors (Lipinski definition) is 0. The van der Waals surface area contributed by atoms with Gasteiger partial charge in [-0.2, -0.15) is 0 Å². The van der Waals surface area contributed by atoms with E-state index < -0.39 is 0 Å². The minimum absolute atomic E-state index is 0.659. The van der Waals surface area contributed by atoms with E-state index in [-0.39, 0.29) is 0 Å². The quantitative estimate of drug-likeness (QED) is 0.699. The van der Waals surface area contributed by atoms with Gasteiger partial charge in [-0.05, 0) is 13.3 Å². The predicted molar refractivity (Wildman–Crippen MR) is 62.1 cm³/mol. The fourth-order valence-electron chi connectivity index (χ4n) is 2.77. The smallest absolute Gasteiger partial charge is 0.0634 e. The molecule has 88 valence electrons. The maximum atomic E-state index is 5.56. The van der Waals surface area contributed by atoms with Crippen molar-refractivity contribution in [2.45, 2.75) is 38.8 Å². The average Bonchev–Trinajstić information content (AvgIpc) is 2.29. The van der Waals surface area contributed by atoms with Crippen molar-refractivity contribution in [2.75, 3.05) is 39.4 Å². The Labute approximate surface area is 93.4 Å². The molecule has 0 N–H and O–H groups in total. The molecule has 0 aromatic heterocycles. The van der Waals surface area contributed by atoms with Crippen LogP contribution >= 0.6 is 0 Å². The standard InChI is InChI=1S/C12H24N2O/c1-3-4-11(2)14-6-5-13-7-8-15-10-12(13)9-14/h11-12H,3-10H2,1-2H3/t11-,12-/m0/s1. The fraction of sp³-hybridized carbons (Fsp3) is 1.00. The molecule has 2 heterocycles. The summed E-state index contributed by atoms with van der Waals surface area (Å²) in [5.41, 5.74) is 0. The van der Waals surface area contributed by atoms with Crippen molar-refractivity contribution in [1.29, 1.82) is 0 Å². The minimum atomic E-state index is 0.659. The molecule has 0 radical (unpaired) electrons. The molecule has 0 aliphatic carbocycles. The molecule has 0 bridgehead atoms. The molecular weight excluding hydrogens is 188 g/mol. The van der Waals surface area contributed by atoms with Gasteiger partial charge in [0.15, 0.2) is 0 Å². The summed E-state index contributed by atoms with van der Waals surface area (Å²) in [6, 6.07) is 1.41. The summed E-state index contributed by atoms with van der Waals surface area (Å²) in [7, 11) is 0. The Morgan fingerprint density at radius 1 is 1.33 bits per heavy atom. The van der Waals surface area contributed by atoms with Crippen molar-refractivity contribution < 1.29 is 4.74 Å². The van der Waals surface area contributed by atoms with Crippen molar-refractivity contribution in [3.8, 4) is 0 Å². The molecule has 2 atom stereocenters. The first kappa shape index (κ1) is 11.4. The van der Waals surface area contributed by atoms with Gasteiger partial charge in [0, 0.05) is 38.3 Å². The van der Waals surface area contributed by atoms with Gasteiger partial charge in [-0.25, -0.2) is 0 Å². The lowest BCUT2D eigenvalue weighted by atomic mass is 10.1. The lowest BCUT2D eigenvalue weighted by Gasteiger charge is -2.45. The van der Waals surface area contributed by atoms with Crippen LogP contribution in [0.1, 0.15) is 26.7 Å². The fourth-order valence-corrected chi connectivity index (χ4v) is 2.77. The van der Waals surface area contributed by atoms with Gasteiger partial charge >= 0.3 is 0 Å². The maximum absolute atomic E-state index is 5.56. The Hall–Kier alpha value is -0.120. The van der Waals surface area contributed by atoms with Crippen LogP contribution in [0, 0.1) is 0 Å². The third kappa shape index (κ3) is 2.71. The summed E-state index contributed by atoms with van der Waals surface area (Å²) in [6.07, 6.45) is 2.62. The Kier molecular flexibility index (Phi) is 4.00. The van der Waals surface area contributed by atoms with Crippen molar-refractivity contribution in [3.05, 3.63) is 0 Å². The first-order valence-corrected chi connectivity index (χ1v) is 6.37. The number of fused-ring (bicyclic) bond motifs is 1.